The van der Waals surface area contributed by atoms with Crippen molar-refractivity contribution >= 4 is 5.91 Å². The van der Waals surface area contributed by atoms with Crippen LogP contribution in [0.25, 0.3) is 0 Å². The molecule has 8 nitrogen and oxygen atoms in total. The molecule has 8 heteroatoms. The fourth-order valence-corrected chi connectivity index (χ4v) is 3.63. The van der Waals surface area contributed by atoms with Crippen molar-refractivity contribution in [1.82, 2.24) is 30.0 Å². The summed E-state index contributed by atoms with van der Waals surface area (Å²) in [5, 5.41) is 11.3. The van der Waals surface area contributed by atoms with E-state index in [0.717, 1.165) is 50.4 Å². The fourth-order valence-electron chi connectivity index (χ4n) is 3.63. The van der Waals surface area contributed by atoms with Crippen molar-refractivity contribution < 1.29 is 9.53 Å². The zero-order valence-electron chi connectivity index (χ0n) is 14.8. The first-order chi connectivity index (χ1) is 12.8. The molecule has 138 valence electrons. The summed E-state index contributed by atoms with van der Waals surface area (Å²) in [5.74, 6) is 1.16. The summed E-state index contributed by atoms with van der Waals surface area (Å²) >= 11 is 0. The van der Waals surface area contributed by atoms with Crippen LogP contribution in [0, 0.1) is 0 Å². The fraction of sp³-hybridized carbons (Fsp3) is 0.556. The third kappa shape index (κ3) is 3.61. The van der Waals surface area contributed by atoms with Crippen LogP contribution in [0.15, 0.2) is 24.4 Å². The molecule has 26 heavy (non-hydrogen) atoms. The average Bonchev–Trinajstić information content (AvgIpc) is 3.14. The van der Waals surface area contributed by atoms with Crippen molar-refractivity contribution in [2.75, 3.05) is 32.8 Å². The van der Waals surface area contributed by atoms with Gasteiger partial charge in [0.15, 0.2) is 0 Å². The molecular weight excluding hydrogens is 332 g/mol. The lowest BCUT2D eigenvalue weighted by Gasteiger charge is -2.34. The van der Waals surface area contributed by atoms with E-state index in [4.69, 9.17) is 4.74 Å². The number of aryl methyl sites for hydroxylation is 1. The van der Waals surface area contributed by atoms with E-state index in [2.05, 4.69) is 25.4 Å². The molecule has 1 atom stereocenters. The minimum absolute atomic E-state index is 0.0211. The van der Waals surface area contributed by atoms with Crippen LogP contribution >= 0.6 is 0 Å². The van der Waals surface area contributed by atoms with E-state index < -0.39 is 0 Å². The van der Waals surface area contributed by atoms with Crippen LogP contribution in [0.3, 0.4) is 0 Å². The van der Waals surface area contributed by atoms with E-state index in [1.54, 1.807) is 6.20 Å². The number of ether oxygens (including phenoxy) is 1. The first-order valence-corrected chi connectivity index (χ1v) is 9.26. The number of nitrogens with one attached hydrogen (secondary N) is 1. The van der Waals surface area contributed by atoms with Gasteiger partial charge in [-0.1, -0.05) is 6.07 Å². The summed E-state index contributed by atoms with van der Waals surface area (Å²) in [6.45, 7) is 4.37. The normalized spacial score (nSPS) is 18.9. The van der Waals surface area contributed by atoms with Gasteiger partial charge in [0.05, 0.1) is 24.9 Å². The Bertz CT molecular complexity index is 741. The first kappa shape index (κ1) is 17.1. The molecule has 0 spiro atoms. The second-order valence-corrected chi connectivity index (χ2v) is 6.68. The number of carbonyl (C=O) groups excluding carboxylic acids is 1. The molecule has 0 aliphatic carbocycles. The predicted octanol–water partition coefficient (Wildman–Crippen LogP) is 0.813. The summed E-state index contributed by atoms with van der Waals surface area (Å²) < 4.78 is 7.41. The zero-order chi connectivity index (χ0) is 17.8. The number of rotatable bonds is 5. The molecule has 0 saturated carbocycles. The number of aromatic nitrogens is 4. The van der Waals surface area contributed by atoms with Crippen LogP contribution < -0.4 is 5.32 Å². The number of carbonyl (C=O) groups is 1. The van der Waals surface area contributed by atoms with E-state index >= 15 is 0 Å². The zero-order valence-corrected chi connectivity index (χ0v) is 14.8. The third-order valence-electron chi connectivity index (χ3n) is 5.03. The smallest absolute Gasteiger partial charge is 0.289 e. The summed E-state index contributed by atoms with van der Waals surface area (Å²) in [4.78, 5) is 19.5. The summed E-state index contributed by atoms with van der Waals surface area (Å²) in [5.41, 5.74) is 0.956. The Labute approximate surface area is 152 Å². The SMILES string of the molecule is O=C(NC[C@H](c1ccccn1)N1CCOCC1)c1nnc2n1CCCC2. The van der Waals surface area contributed by atoms with Gasteiger partial charge in [-0.3, -0.25) is 14.7 Å². The van der Waals surface area contributed by atoms with E-state index in [1.165, 1.54) is 0 Å². The standard InChI is InChI=1S/C18H24N6O2/c25-18(17-22-21-16-6-2-4-8-24(16)17)20-13-15(14-5-1-3-7-19-14)23-9-11-26-12-10-23/h1,3,5,7,15H,2,4,6,8-13H2,(H,20,25)/t15-/m1/s1. The van der Waals surface area contributed by atoms with Crippen molar-refractivity contribution in [3.8, 4) is 0 Å². The molecule has 2 aromatic heterocycles. The third-order valence-corrected chi connectivity index (χ3v) is 5.03. The van der Waals surface area contributed by atoms with Crippen molar-refractivity contribution in [2.24, 2.45) is 0 Å². The lowest BCUT2D eigenvalue weighted by molar-refractivity contribution is 0.0153. The minimum Gasteiger partial charge on any atom is -0.379 e. The second-order valence-electron chi connectivity index (χ2n) is 6.68. The van der Waals surface area contributed by atoms with Crippen LogP contribution in [0.5, 0.6) is 0 Å². The molecule has 0 aromatic carbocycles. The number of amides is 1. The minimum atomic E-state index is -0.167. The number of pyridine rings is 1. The molecule has 4 rings (SSSR count). The maximum Gasteiger partial charge on any atom is 0.289 e. The number of hydrogen-bond acceptors (Lipinski definition) is 6. The number of nitrogens with zero attached hydrogens (tertiary/aromatic N) is 5. The van der Waals surface area contributed by atoms with E-state index in [9.17, 15) is 4.79 Å². The largest absolute Gasteiger partial charge is 0.379 e. The molecule has 1 amide bonds. The first-order valence-electron chi connectivity index (χ1n) is 9.26. The molecule has 2 aliphatic rings. The number of fused-ring (bicyclic) bond motifs is 1. The molecule has 4 heterocycles. The molecule has 0 unspecified atom stereocenters. The van der Waals surface area contributed by atoms with Gasteiger partial charge in [-0.25, -0.2) is 0 Å². The quantitative estimate of drug-likeness (QED) is 0.853. The molecule has 0 bridgehead atoms. The summed E-state index contributed by atoms with van der Waals surface area (Å²) in [7, 11) is 0. The van der Waals surface area contributed by atoms with Gasteiger partial charge >= 0.3 is 0 Å². The average molecular weight is 356 g/mol. The van der Waals surface area contributed by atoms with Crippen LogP contribution in [0.4, 0.5) is 0 Å². The Morgan fingerprint density at radius 2 is 2.08 bits per heavy atom. The van der Waals surface area contributed by atoms with Crippen LogP contribution in [-0.2, 0) is 17.7 Å². The Kier molecular flexibility index (Phi) is 5.21. The molecule has 2 aliphatic heterocycles. The van der Waals surface area contributed by atoms with Crippen LogP contribution in [-0.4, -0.2) is 63.4 Å². The highest BCUT2D eigenvalue weighted by atomic mass is 16.5. The van der Waals surface area contributed by atoms with Crippen LogP contribution in [0.1, 0.15) is 41.0 Å². The second kappa shape index (κ2) is 7.92. The van der Waals surface area contributed by atoms with Crippen molar-refractivity contribution in [1.29, 1.82) is 0 Å². The van der Waals surface area contributed by atoms with Gasteiger partial charge in [0.2, 0.25) is 5.82 Å². The van der Waals surface area contributed by atoms with Crippen molar-refractivity contribution in [3.05, 3.63) is 41.7 Å². The van der Waals surface area contributed by atoms with Gasteiger partial charge in [-0.05, 0) is 25.0 Å². The number of morpholine rings is 1. The van der Waals surface area contributed by atoms with Crippen molar-refractivity contribution in [2.45, 2.75) is 31.8 Å². The van der Waals surface area contributed by atoms with Crippen molar-refractivity contribution in [3.63, 3.8) is 0 Å². The van der Waals surface area contributed by atoms with Gasteiger partial charge in [-0.2, -0.15) is 0 Å². The van der Waals surface area contributed by atoms with Gasteiger partial charge in [0, 0.05) is 38.8 Å². The molecular formula is C18H24N6O2. The van der Waals surface area contributed by atoms with E-state index in [0.29, 0.717) is 25.6 Å². The number of hydrogen-bond donors (Lipinski definition) is 1. The highest BCUT2D eigenvalue weighted by Crippen LogP contribution is 2.20. The van der Waals surface area contributed by atoms with Gasteiger partial charge < -0.3 is 14.6 Å². The summed E-state index contributed by atoms with van der Waals surface area (Å²) in [6.07, 6.45) is 4.86. The molecule has 1 saturated heterocycles. The van der Waals surface area contributed by atoms with E-state index in [-0.39, 0.29) is 11.9 Å². The van der Waals surface area contributed by atoms with Crippen LogP contribution in [0.2, 0.25) is 0 Å². The Morgan fingerprint density at radius 3 is 2.88 bits per heavy atom. The molecule has 2 aromatic rings. The van der Waals surface area contributed by atoms with Gasteiger partial charge in [0.1, 0.15) is 5.82 Å². The molecule has 1 fully saturated rings. The Hall–Kier alpha value is -2.32. The predicted molar refractivity (Wildman–Crippen MR) is 94.7 cm³/mol. The van der Waals surface area contributed by atoms with Gasteiger partial charge in [0.25, 0.3) is 5.91 Å². The van der Waals surface area contributed by atoms with Gasteiger partial charge in [-0.15, -0.1) is 10.2 Å². The van der Waals surface area contributed by atoms with E-state index in [1.807, 2.05) is 22.8 Å². The summed E-state index contributed by atoms with van der Waals surface area (Å²) in [6, 6.07) is 5.91. The monoisotopic (exact) mass is 356 g/mol. The Balaban J connectivity index is 1.47. The maximum absolute atomic E-state index is 12.7. The molecule has 1 N–H and O–H groups in total. The Morgan fingerprint density at radius 1 is 1.19 bits per heavy atom. The molecule has 0 radical (unpaired) electrons. The maximum atomic E-state index is 12.7. The highest BCUT2D eigenvalue weighted by molar-refractivity contribution is 5.90. The lowest BCUT2D eigenvalue weighted by atomic mass is 10.1. The lowest BCUT2D eigenvalue weighted by Crippen LogP contribution is -2.44. The highest BCUT2D eigenvalue weighted by Gasteiger charge is 2.26. The topological polar surface area (TPSA) is 85.2 Å².